The zero-order valence-corrected chi connectivity index (χ0v) is 22.9. The van der Waals surface area contributed by atoms with Gasteiger partial charge in [0.15, 0.2) is 11.4 Å². The molecule has 0 spiro atoms. The molecule has 0 aliphatic carbocycles. The highest BCUT2D eigenvalue weighted by Crippen LogP contribution is 2.30. The molecule has 3 aromatic rings. The highest BCUT2D eigenvalue weighted by atomic mass is 16.6. The molecule has 0 unspecified atom stereocenters. The van der Waals surface area contributed by atoms with Crippen LogP contribution in [0.2, 0.25) is 0 Å². The van der Waals surface area contributed by atoms with Crippen LogP contribution in [0.15, 0.2) is 72.9 Å². The zero-order valence-electron chi connectivity index (χ0n) is 22.9. The van der Waals surface area contributed by atoms with Crippen molar-refractivity contribution in [2.24, 2.45) is 5.92 Å². The highest BCUT2D eigenvalue weighted by molar-refractivity contribution is 5.98. The van der Waals surface area contributed by atoms with E-state index in [2.05, 4.69) is 22.4 Å². The lowest BCUT2D eigenvalue weighted by atomic mass is 9.86. The van der Waals surface area contributed by atoms with E-state index in [4.69, 9.17) is 18.9 Å². The fourth-order valence-corrected chi connectivity index (χ4v) is 4.83. The molecule has 4 atom stereocenters. The first kappa shape index (κ1) is 28.8. The van der Waals surface area contributed by atoms with E-state index in [-0.39, 0.29) is 42.2 Å². The summed E-state index contributed by atoms with van der Waals surface area (Å²) in [6.45, 7) is 3.29. The molecule has 0 bridgehead atoms. The normalized spacial score (nSPS) is 21.2. The van der Waals surface area contributed by atoms with Gasteiger partial charge in [-0.25, -0.2) is 9.78 Å². The van der Waals surface area contributed by atoms with Crippen LogP contribution in [-0.2, 0) is 31.9 Å². The molecule has 210 valence electrons. The number of nitrogens with zero attached hydrogens (tertiary/aromatic N) is 1. The maximum atomic E-state index is 13.3. The number of amides is 1. The van der Waals surface area contributed by atoms with Gasteiger partial charge in [-0.3, -0.25) is 9.59 Å². The Labute approximate surface area is 233 Å². The smallest absolute Gasteiger partial charge is 0.329 e. The third kappa shape index (κ3) is 7.45. The van der Waals surface area contributed by atoms with Gasteiger partial charge in [-0.15, -0.1) is 0 Å². The number of rotatable bonds is 8. The molecule has 4 rings (SSSR count). The summed E-state index contributed by atoms with van der Waals surface area (Å²) >= 11 is 0. The first-order valence-corrected chi connectivity index (χ1v) is 13.3. The van der Waals surface area contributed by atoms with Crippen LogP contribution in [0.25, 0.3) is 0 Å². The molecule has 1 aliphatic rings. The topological polar surface area (TPSA) is 113 Å². The summed E-state index contributed by atoms with van der Waals surface area (Å²) in [6.07, 6.45) is 2.13. The maximum absolute atomic E-state index is 13.3. The first-order valence-electron chi connectivity index (χ1n) is 13.3. The third-order valence-corrected chi connectivity index (χ3v) is 6.85. The van der Waals surface area contributed by atoms with Crippen LogP contribution in [0.1, 0.15) is 41.9 Å². The number of methoxy groups -OCH3 is 1. The number of carbonyl (C=O) groups is 3. The van der Waals surface area contributed by atoms with E-state index in [1.807, 2.05) is 55.5 Å². The van der Waals surface area contributed by atoms with Gasteiger partial charge in [0.1, 0.15) is 12.1 Å². The lowest BCUT2D eigenvalue weighted by Gasteiger charge is -2.31. The molecule has 0 radical (unpaired) electrons. The van der Waals surface area contributed by atoms with Crippen LogP contribution >= 0.6 is 0 Å². The van der Waals surface area contributed by atoms with Gasteiger partial charge in [-0.05, 0) is 30.9 Å². The molecule has 9 heteroatoms. The number of ether oxygens (including phenoxy) is 4. The van der Waals surface area contributed by atoms with Crippen molar-refractivity contribution < 1.29 is 33.3 Å². The van der Waals surface area contributed by atoms with Crippen LogP contribution in [0.5, 0.6) is 11.5 Å². The second-order valence-corrected chi connectivity index (χ2v) is 9.69. The summed E-state index contributed by atoms with van der Waals surface area (Å²) in [5.41, 5.74) is 2.05. The molecule has 2 aromatic carbocycles. The maximum Gasteiger partial charge on any atom is 0.329 e. The number of esters is 2. The summed E-state index contributed by atoms with van der Waals surface area (Å²) in [5, 5.41) is 2.69. The van der Waals surface area contributed by atoms with E-state index in [0.29, 0.717) is 12.8 Å². The lowest BCUT2D eigenvalue weighted by Crippen LogP contribution is -2.44. The van der Waals surface area contributed by atoms with Crippen molar-refractivity contribution in [1.29, 1.82) is 0 Å². The quantitative estimate of drug-likeness (QED) is 0.423. The van der Waals surface area contributed by atoms with Crippen LogP contribution in [0.3, 0.4) is 0 Å². The van der Waals surface area contributed by atoms with Crippen molar-refractivity contribution in [2.45, 2.75) is 51.4 Å². The fourth-order valence-electron chi connectivity index (χ4n) is 4.83. The van der Waals surface area contributed by atoms with E-state index in [1.54, 1.807) is 0 Å². The Kier molecular flexibility index (Phi) is 9.86. The van der Waals surface area contributed by atoms with Crippen LogP contribution in [-0.4, -0.2) is 54.8 Å². The molecule has 9 nitrogen and oxygen atoms in total. The Hall–Kier alpha value is -4.24. The minimum Gasteiger partial charge on any atom is -0.493 e. The van der Waals surface area contributed by atoms with Crippen molar-refractivity contribution in [1.82, 2.24) is 10.3 Å². The summed E-state index contributed by atoms with van der Waals surface area (Å²) in [6, 6.07) is 20.5. The predicted octanol–water partition coefficient (Wildman–Crippen LogP) is 3.94. The minimum atomic E-state index is -0.999. The van der Waals surface area contributed by atoms with Crippen molar-refractivity contribution in [3.05, 3.63) is 89.7 Å². The molecule has 1 N–H and O–H groups in total. The molecule has 1 amide bonds. The minimum absolute atomic E-state index is 0.123. The monoisotopic (exact) mass is 546 g/mol. The van der Waals surface area contributed by atoms with Gasteiger partial charge in [-0.2, -0.15) is 0 Å². The van der Waals surface area contributed by atoms with Crippen molar-refractivity contribution in [3.8, 4) is 11.5 Å². The molecule has 2 heterocycles. The summed E-state index contributed by atoms with van der Waals surface area (Å²) in [4.78, 5) is 42.3. The number of aromatic nitrogens is 1. The molecule has 1 aliphatic heterocycles. The molecular weight excluding hydrogens is 512 g/mol. The van der Waals surface area contributed by atoms with Gasteiger partial charge in [0.2, 0.25) is 5.75 Å². The first-order chi connectivity index (χ1) is 19.4. The van der Waals surface area contributed by atoms with E-state index < -0.39 is 30.0 Å². The fraction of sp³-hybridized carbons (Fsp3) is 0.355. The average molecular weight is 547 g/mol. The van der Waals surface area contributed by atoms with Crippen LogP contribution < -0.4 is 14.8 Å². The SMILES string of the molecule is COc1ccnc(C(=O)N[C@H]2CCO[C@H](Cc3ccccc3)[C@@H](Cc3ccccc3)[C@H](C)OC2=O)c1OC(C)=O. The number of hydrogen-bond acceptors (Lipinski definition) is 8. The van der Waals surface area contributed by atoms with Crippen LogP contribution in [0, 0.1) is 5.92 Å². The average Bonchev–Trinajstić information content (AvgIpc) is 2.99. The van der Waals surface area contributed by atoms with Gasteiger partial charge in [-0.1, -0.05) is 60.7 Å². The van der Waals surface area contributed by atoms with E-state index in [9.17, 15) is 14.4 Å². The third-order valence-electron chi connectivity index (χ3n) is 6.85. The largest absolute Gasteiger partial charge is 0.493 e. The van der Waals surface area contributed by atoms with Gasteiger partial charge >= 0.3 is 11.9 Å². The second kappa shape index (κ2) is 13.7. The standard InChI is InChI=1S/C31H34N2O7/c1-20-24(18-22-10-6-4-7-11-22)27(19-23-12-8-5-9-13-23)38-17-15-25(31(36)39-20)33-30(35)28-29(40-21(2)34)26(37-3)14-16-32-28/h4-14,16,20,24-25,27H,15,17-19H2,1-3H3,(H,33,35)/t20-,24-,25-,27+/m0/s1. The molecule has 0 saturated carbocycles. The molecule has 1 saturated heterocycles. The van der Waals surface area contributed by atoms with Gasteiger partial charge in [0, 0.05) is 38.1 Å². The predicted molar refractivity (Wildman–Crippen MR) is 147 cm³/mol. The Morgan fingerprint density at radius 1 is 1.00 bits per heavy atom. The Morgan fingerprint density at radius 2 is 1.65 bits per heavy atom. The zero-order chi connectivity index (χ0) is 28.5. The number of benzene rings is 2. The number of cyclic esters (lactones) is 1. The number of pyridine rings is 1. The summed E-state index contributed by atoms with van der Waals surface area (Å²) in [5.74, 6) is -2.00. The Bertz CT molecular complexity index is 1300. The van der Waals surface area contributed by atoms with Crippen LogP contribution in [0.4, 0.5) is 0 Å². The Morgan fingerprint density at radius 3 is 2.27 bits per heavy atom. The Balaban J connectivity index is 1.56. The van der Waals surface area contributed by atoms with Crippen molar-refractivity contribution in [2.75, 3.05) is 13.7 Å². The van der Waals surface area contributed by atoms with Gasteiger partial charge in [0.25, 0.3) is 5.91 Å². The number of carbonyl (C=O) groups excluding carboxylic acids is 3. The van der Waals surface area contributed by atoms with Gasteiger partial charge in [0.05, 0.1) is 13.2 Å². The molecule has 1 aromatic heterocycles. The van der Waals surface area contributed by atoms with Crippen molar-refractivity contribution >= 4 is 17.8 Å². The summed E-state index contributed by atoms with van der Waals surface area (Å²) < 4.78 is 22.8. The van der Waals surface area contributed by atoms with Crippen molar-refractivity contribution in [3.63, 3.8) is 0 Å². The number of hydrogen-bond donors (Lipinski definition) is 1. The lowest BCUT2D eigenvalue weighted by molar-refractivity contribution is -0.154. The van der Waals surface area contributed by atoms with E-state index in [1.165, 1.54) is 26.3 Å². The summed E-state index contributed by atoms with van der Waals surface area (Å²) in [7, 11) is 1.39. The molecule has 1 fully saturated rings. The molecular formula is C31H34N2O7. The van der Waals surface area contributed by atoms with Gasteiger partial charge < -0.3 is 24.3 Å². The van der Waals surface area contributed by atoms with E-state index in [0.717, 1.165) is 11.1 Å². The highest BCUT2D eigenvalue weighted by Gasteiger charge is 2.35. The molecule has 40 heavy (non-hydrogen) atoms. The number of nitrogens with one attached hydrogen (secondary N) is 1. The second-order valence-electron chi connectivity index (χ2n) is 9.69. The van der Waals surface area contributed by atoms with E-state index >= 15 is 0 Å².